The Bertz CT molecular complexity index is 599. The molecule has 2 N–H and O–H groups in total. The summed E-state index contributed by atoms with van der Waals surface area (Å²) in [5.74, 6) is -0.285. The molecule has 19 heavy (non-hydrogen) atoms. The highest BCUT2D eigenvalue weighted by Crippen LogP contribution is 2.28. The van der Waals surface area contributed by atoms with Crippen LogP contribution in [0.1, 0.15) is 11.1 Å². The summed E-state index contributed by atoms with van der Waals surface area (Å²) in [6.07, 6.45) is 0. The Hall–Kier alpha value is -1.74. The van der Waals surface area contributed by atoms with Gasteiger partial charge in [0.2, 0.25) is 0 Å². The predicted octanol–water partition coefficient (Wildman–Crippen LogP) is 4.01. The SMILES string of the molecule is Cc1cc(N(C)Cc2ccccc2Cl)c(N)cc1F. The van der Waals surface area contributed by atoms with Gasteiger partial charge in [-0.15, -0.1) is 0 Å². The van der Waals surface area contributed by atoms with Crippen molar-refractivity contribution in [2.24, 2.45) is 0 Å². The highest BCUT2D eigenvalue weighted by molar-refractivity contribution is 6.31. The summed E-state index contributed by atoms with van der Waals surface area (Å²) < 4.78 is 13.4. The van der Waals surface area contributed by atoms with Crippen LogP contribution >= 0.6 is 11.6 Å². The fourth-order valence-corrected chi connectivity index (χ4v) is 2.18. The van der Waals surface area contributed by atoms with Crippen molar-refractivity contribution in [3.63, 3.8) is 0 Å². The van der Waals surface area contributed by atoms with Crippen molar-refractivity contribution in [3.8, 4) is 0 Å². The largest absolute Gasteiger partial charge is 0.397 e. The standard InChI is InChI=1S/C15H16ClFN2/c1-10-7-15(14(18)8-13(10)17)19(2)9-11-5-3-4-6-12(11)16/h3-8H,9,18H2,1-2H3. The lowest BCUT2D eigenvalue weighted by Gasteiger charge is -2.22. The first kappa shape index (κ1) is 13.7. The predicted molar refractivity (Wildman–Crippen MR) is 79.1 cm³/mol. The second-order valence-electron chi connectivity index (χ2n) is 4.61. The molecule has 0 spiro atoms. The molecular weight excluding hydrogens is 263 g/mol. The number of hydrogen-bond acceptors (Lipinski definition) is 2. The lowest BCUT2D eigenvalue weighted by atomic mass is 10.1. The van der Waals surface area contributed by atoms with Gasteiger partial charge in [-0.3, -0.25) is 0 Å². The Morgan fingerprint density at radius 2 is 1.95 bits per heavy atom. The van der Waals surface area contributed by atoms with E-state index in [4.69, 9.17) is 17.3 Å². The second kappa shape index (κ2) is 5.49. The van der Waals surface area contributed by atoms with E-state index in [9.17, 15) is 4.39 Å². The zero-order valence-electron chi connectivity index (χ0n) is 11.0. The number of benzene rings is 2. The molecule has 100 valence electrons. The van der Waals surface area contributed by atoms with E-state index in [1.165, 1.54) is 6.07 Å². The van der Waals surface area contributed by atoms with Crippen LogP contribution < -0.4 is 10.6 Å². The maximum Gasteiger partial charge on any atom is 0.128 e. The van der Waals surface area contributed by atoms with Crippen molar-refractivity contribution < 1.29 is 4.39 Å². The number of hydrogen-bond donors (Lipinski definition) is 1. The molecule has 0 aliphatic rings. The molecule has 0 aliphatic heterocycles. The third kappa shape index (κ3) is 2.99. The van der Waals surface area contributed by atoms with Gasteiger partial charge >= 0.3 is 0 Å². The summed E-state index contributed by atoms with van der Waals surface area (Å²) in [6, 6.07) is 10.8. The first-order valence-electron chi connectivity index (χ1n) is 5.99. The van der Waals surface area contributed by atoms with Crippen LogP contribution in [0.25, 0.3) is 0 Å². The van der Waals surface area contributed by atoms with Gasteiger partial charge in [0.15, 0.2) is 0 Å². The monoisotopic (exact) mass is 278 g/mol. The third-order valence-electron chi connectivity index (χ3n) is 3.08. The molecule has 0 unspecified atom stereocenters. The summed E-state index contributed by atoms with van der Waals surface area (Å²) in [5.41, 5.74) is 8.69. The van der Waals surface area contributed by atoms with Gasteiger partial charge in [-0.05, 0) is 36.2 Å². The first-order valence-corrected chi connectivity index (χ1v) is 6.37. The van der Waals surface area contributed by atoms with Crippen LogP contribution in [0.5, 0.6) is 0 Å². The summed E-state index contributed by atoms with van der Waals surface area (Å²) in [4.78, 5) is 1.96. The average molecular weight is 279 g/mol. The van der Waals surface area contributed by atoms with Crippen LogP contribution in [0.3, 0.4) is 0 Å². The molecule has 2 nitrogen and oxygen atoms in total. The minimum atomic E-state index is -0.285. The van der Waals surface area contributed by atoms with Crippen LogP contribution in [0.4, 0.5) is 15.8 Å². The van der Waals surface area contributed by atoms with Gasteiger partial charge in [0, 0.05) is 18.6 Å². The molecule has 2 rings (SSSR count). The van der Waals surface area contributed by atoms with Gasteiger partial charge in [-0.1, -0.05) is 29.8 Å². The molecule has 0 radical (unpaired) electrons. The van der Waals surface area contributed by atoms with Crippen LogP contribution in [0, 0.1) is 12.7 Å². The minimum Gasteiger partial charge on any atom is -0.397 e. The molecule has 0 saturated carbocycles. The normalized spacial score (nSPS) is 10.5. The maximum absolute atomic E-state index is 13.4. The highest BCUT2D eigenvalue weighted by atomic mass is 35.5. The molecule has 0 amide bonds. The maximum atomic E-state index is 13.4. The van der Waals surface area contributed by atoms with Crippen molar-refractivity contribution in [1.29, 1.82) is 0 Å². The van der Waals surface area contributed by atoms with Crippen molar-refractivity contribution >= 4 is 23.0 Å². The van der Waals surface area contributed by atoms with Crippen molar-refractivity contribution in [1.82, 2.24) is 0 Å². The Morgan fingerprint density at radius 3 is 2.63 bits per heavy atom. The smallest absolute Gasteiger partial charge is 0.128 e. The molecule has 0 bridgehead atoms. The van der Waals surface area contributed by atoms with E-state index < -0.39 is 0 Å². The second-order valence-corrected chi connectivity index (χ2v) is 5.01. The Kier molecular flexibility index (Phi) is 3.96. The van der Waals surface area contributed by atoms with Gasteiger partial charge in [0.05, 0.1) is 11.4 Å². The number of nitrogen functional groups attached to an aromatic ring is 1. The molecule has 0 aliphatic carbocycles. The van der Waals surface area contributed by atoms with Gasteiger partial charge in [-0.25, -0.2) is 4.39 Å². The van der Waals surface area contributed by atoms with Crippen molar-refractivity contribution in [3.05, 3.63) is 58.4 Å². The molecule has 4 heteroatoms. The van der Waals surface area contributed by atoms with Gasteiger partial charge < -0.3 is 10.6 Å². The summed E-state index contributed by atoms with van der Waals surface area (Å²) in [7, 11) is 1.91. The van der Waals surface area contributed by atoms with E-state index in [0.29, 0.717) is 22.8 Å². The Balaban J connectivity index is 2.28. The van der Waals surface area contributed by atoms with E-state index in [-0.39, 0.29) is 5.82 Å². The number of anilines is 2. The number of aryl methyl sites for hydroxylation is 1. The van der Waals surface area contributed by atoms with Crippen LogP contribution in [0.2, 0.25) is 5.02 Å². The van der Waals surface area contributed by atoms with E-state index in [1.807, 2.05) is 36.2 Å². The number of halogens is 2. The topological polar surface area (TPSA) is 29.3 Å². The molecule has 0 fully saturated rings. The number of rotatable bonds is 3. The zero-order chi connectivity index (χ0) is 14.0. The lowest BCUT2D eigenvalue weighted by molar-refractivity contribution is 0.619. The molecule has 0 aromatic heterocycles. The third-order valence-corrected chi connectivity index (χ3v) is 3.45. The van der Waals surface area contributed by atoms with E-state index >= 15 is 0 Å². The molecular formula is C15H16ClFN2. The van der Waals surface area contributed by atoms with Gasteiger partial charge in [0.25, 0.3) is 0 Å². The summed E-state index contributed by atoms with van der Waals surface area (Å²) in [6.45, 7) is 2.34. The molecule has 0 heterocycles. The number of nitrogens with zero attached hydrogens (tertiary/aromatic N) is 1. The van der Waals surface area contributed by atoms with E-state index in [2.05, 4.69) is 0 Å². The molecule has 2 aromatic carbocycles. The minimum absolute atomic E-state index is 0.285. The molecule has 0 atom stereocenters. The van der Waals surface area contributed by atoms with E-state index in [1.54, 1.807) is 13.0 Å². The Labute approximate surface area is 117 Å². The lowest BCUT2D eigenvalue weighted by Crippen LogP contribution is -2.18. The Morgan fingerprint density at radius 1 is 1.26 bits per heavy atom. The van der Waals surface area contributed by atoms with E-state index in [0.717, 1.165) is 11.3 Å². The quantitative estimate of drug-likeness (QED) is 0.860. The molecule has 0 saturated heterocycles. The average Bonchev–Trinajstić information content (AvgIpc) is 2.36. The first-order chi connectivity index (χ1) is 8.99. The van der Waals surface area contributed by atoms with Crippen LogP contribution in [-0.4, -0.2) is 7.05 Å². The fourth-order valence-electron chi connectivity index (χ4n) is 1.98. The van der Waals surface area contributed by atoms with Gasteiger partial charge in [0.1, 0.15) is 5.82 Å². The van der Waals surface area contributed by atoms with Crippen LogP contribution in [0.15, 0.2) is 36.4 Å². The number of nitrogens with two attached hydrogens (primary N) is 1. The van der Waals surface area contributed by atoms with Gasteiger partial charge in [-0.2, -0.15) is 0 Å². The highest BCUT2D eigenvalue weighted by Gasteiger charge is 2.10. The van der Waals surface area contributed by atoms with Crippen molar-refractivity contribution in [2.75, 3.05) is 17.7 Å². The fraction of sp³-hybridized carbons (Fsp3) is 0.200. The zero-order valence-corrected chi connectivity index (χ0v) is 11.7. The summed E-state index contributed by atoms with van der Waals surface area (Å²) >= 11 is 6.13. The van der Waals surface area contributed by atoms with Crippen LogP contribution in [-0.2, 0) is 6.54 Å². The van der Waals surface area contributed by atoms with Crippen molar-refractivity contribution in [2.45, 2.75) is 13.5 Å². The molecule has 2 aromatic rings. The summed E-state index contributed by atoms with van der Waals surface area (Å²) in [5, 5.41) is 0.715.